The molecule has 0 spiro atoms. The van der Waals surface area contributed by atoms with E-state index in [1.165, 1.54) is 43.6 Å². The molecule has 0 saturated carbocycles. The first-order chi connectivity index (χ1) is 10.1. The van der Waals surface area contributed by atoms with E-state index in [-0.39, 0.29) is 0 Å². The Morgan fingerprint density at radius 2 is 2.14 bits per heavy atom. The highest BCUT2D eigenvalue weighted by molar-refractivity contribution is 5.39. The van der Waals surface area contributed by atoms with Crippen molar-refractivity contribution in [2.45, 2.75) is 52.9 Å². The third kappa shape index (κ3) is 5.03. The van der Waals surface area contributed by atoms with E-state index in [1.807, 2.05) is 0 Å². The number of quaternary nitrogens is 1. The number of rotatable bonds is 6. The summed E-state index contributed by atoms with van der Waals surface area (Å²) in [6.07, 6.45) is 3.97. The summed E-state index contributed by atoms with van der Waals surface area (Å²) in [6.45, 7) is 13.8. The van der Waals surface area contributed by atoms with E-state index < -0.39 is 0 Å². The van der Waals surface area contributed by atoms with Crippen LogP contribution in [0.2, 0.25) is 0 Å². The molecule has 1 fully saturated rings. The summed E-state index contributed by atoms with van der Waals surface area (Å²) in [4.78, 5) is 1.77. The molecule has 0 bridgehead atoms. The third-order valence-corrected chi connectivity index (χ3v) is 4.59. The molecule has 2 atom stereocenters. The molecular weight excluding hydrogens is 258 g/mol. The Hall–Kier alpha value is -1.02. The molecule has 118 valence electrons. The molecule has 1 heterocycles. The normalized spacial score (nSPS) is 22.5. The van der Waals surface area contributed by atoms with Crippen molar-refractivity contribution in [2.24, 2.45) is 5.92 Å². The predicted molar refractivity (Wildman–Crippen MR) is 89.3 cm³/mol. The highest BCUT2D eigenvalue weighted by Crippen LogP contribution is 2.27. The van der Waals surface area contributed by atoms with Crippen LogP contribution in [0.15, 0.2) is 18.2 Å². The van der Waals surface area contributed by atoms with E-state index in [2.05, 4.69) is 45.9 Å². The molecule has 21 heavy (non-hydrogen) atoms. The van der Waals surface area contributed by atoms with Crippen LogP contribution in [0.5, 0.6) is 5.75 Å². The largest absolute Gasteiger partial charge is 0.493 e. The van der Waals surface area contributed by atoms with Crippen LogP contribution >= 0.6 is 0 Å². The minimum atomic E-state index is 0.522. The number of aryl methyl sites for hydroxylation is 1. The Balaban J connectivity index is 1.79. The summed E-state index contributed by atoms with van der Waals surface area (Å²) >= 11 is 0. The lowest BCUT2D eigenvalue weighted by Gasteiger charge is -2.27. The average Bonchev–Trinajstić information content (AvgIpc) is 2.43. The molecule has 1 aliphatic heterocycles. The van der Waals surface area contributed by atoms with Crippen LogP contribution in [0.25, 0.3) is 0 Å². The molecule has 0 aliphatic carbocycles. The molecule has 1 unspecified atom stereocenters. The lowest BCUT2D eigenvalue weighted by Crippen LogP contribution is -3.13. The summed E-state index contributed by atoms with van der Waals surface area (Å²) in [6, 6.07) is 6.58. The zero-order valence-electron chi connectivity index (χ0n) is 14.2. The van der Waals surface area contributed by atoms with E-state index in [4.69, 9.17) is 4.74 Å². The molecule has 1 saturated heterocycles. The molecule has 1 N–H and O–H groups in total. The maximum Gasteiger partial charge on any atom is 0.123 e. The number of likely N-dealkylation sites (tertiary alicyclic amines) is 1. The fraction of sp³-hybridized carbons (Fsp3) is 0.684. The maximum atomic E-state index is 6.08. The number of hydrogen-bond acceptors (Lipinski definition) is 1. The second-order valence-electron chi connectivity index (χ2n) is 7.10. The third-order valence-electron chi connectivity index (χ3n) is 4.59. The van der Waals surface area contributed by atoms with E-state index in [0.717, 1.165) is 24.7 Å². The van der Waals surface area contributed by atoms with Gasteiger partial charge in [0.05, 0.1) is 26.2 Å². The number of piperidine rings is 1. The first-order valence-corrected chi connectivity index (χ1v) is 8.63. The molecule has 0 aromatic heterocycles. The maximum absolute atomic E-state index is 6.08. The fourth-order valence-corrected chi connectivity index (χ4v) is 3.37. The van der Waals surface area contributed by atoms with Crippen molar-refractivity contribution in [3.8, 4) is 5.75 Å². The van der Waals surface area contributed by atoms with Crippen molar-refractivity contribution in [2.75, 3.05) is 26.2 Å². The predicted octanol–water partition coefficient (Wildman–Crippen LogP) is 3.20. The Labute approximate surface area is 130 Å². The lowest BCUT2D eigenvalue weighted by molar-refractivity contribution is -0.908. The standard InChI is InChI=1S/C19H31NO/c1-15(2)18-9-8-16(3)13-19(18)21-12-6-11-20-10-5-7-17(4)14-20/h8-9,13,15,17H,5-7,10-12,14H2,1-4H3/p+1/t17-/m0/s1. The molecule has 2 rings (SSSR count). The Morgan fingerprint density at radius 3 is 2.86 bits per heavy atom. The van der Waals surface area contributed by atoms with Crippen LogP contribution in [0.4, 0.5) is 0 Å². The van der Waals surface area contributed by atoms with E-state index >= 15 is 0 Å². The van der Waals surface area contributed by atoms with Crippen LogP contribution in [0, 0.1) is 12.8 Å². The molecule has 1 aromatic rings. The number of benzene rings is 1. The summed E-state index contributed by atoms with van der Waals surface area (Å²) < 4.78 is 6.08. The average molecular weight is 290 g/mol. The molecule has 1 aromatic carbocycles. The smallest absolute Gasteiger partial charge is 0.123 e. The first kappa shape index (κ1) is 16.4. The van der Waals surface area contributed by atoms with Gasteiger partial charge in [-0.1, -0.05) is 32.9 Å². The van der Waals surface area contributed by atoms with Gasteiger partial charge in [0.2, 0.25) is 0 Å². The minimum Gasteiger partial charge on any atom is -0.493 e. The summed E-state index contributed by atoms with van der Waals surface area (Å²) in [5.41, 5.74) is 2.62. The van der Waals surface area contributed by atoms with E-state index in [0.29, 0.717) is 5.92 Å². The topological polar surface area (TPSA) is 13.7 Å². The van der Waals surface area contributed by atoms with Gasteiger partial charge in [-0.2, -0.15) is 0 Å². The zero-order chi connectivity index (χ0) is 15.2. The van der Waals surface area contributed by atoms with Gasteiger partial charge in [-0.3, -0.25) is 0 Å². The van der Waals surface area contributed by atoms with Crippen LogP contribution in [-0.4, -0.2) is 26.2 Å². The number of nitrogens with one attached hydrogen (secondary N) is 1. The zero-order valence-corrected chi connectivity index (χ0v) is 14.2. The first-order valence-electron chi connectivity index (χ1n) is 8.63. The Bertz CT molecular complexity index is 441. The van der Waals surface area contributed by atoms with Gasteiger partial charge in [-0.15, -0.1) is 0 Å². The second-order valence-corrected chi connectivity index (χ2v) is 7.10. The molecule has 2 nitrogen and oxygen atoms in total. The van der Waals surface area contributed by atoms with Crippen molar-refractivity contribution < 1.29 is 9.64 Å². The van der Waals surface area contributed by atoms with E-state index in [1.54, 1.807) is 4.90 Å². The molecule has 1 aliphatic rings. The SMILES string of the molecule is Cc1ccc(C(C)C)c(OCCC[NH+]2CCC[C@H](C)C2)c1. The Kier molecular flexibility index (Phi) is 6.10. The second kappa shape index (κ2) is 7.84. The highest BCUT2D eigenvalue weighted by Gasteiger charge is 2.18. The monoisotopic (exact) mass is 290 g/mol. The van der Waals surface area contributed by atoms with Crippen LogP contribution < -0.4 is 9.64 Å². The highest BCUT2D eigenvalue weighted by atomic mass is 16.5. The Morgan fingerprint density at radius 1 is 1.33 bits per heavy atom. The summed E-state index contributed by atoms with van der Waals surface area (Å²) in [5.74, 6) is 2.51. The number of ether oxygens (including phenoxy) is 1. The van der Waals surface area contributed by atoms with Crippen LogP contribution in [-0.2, 0) is 0 Å². The van der Waals surface area contributed by atoms with Crippen LogP contribution in [0.3, 0.4) is 0 Å². The minimum absolute atomic E-state index is 0.522. The van der Waals surface area contributed by atoms with Gasteiger partial charge in [-0.05, 0) is 42.9 Å². The summed E-state index contributed by atoms with van der Waals surface area (Å²) in [7, 11) is 0. The summed E-state index contributed by atoms with van der Waals surface area (Å²) in [5, 5.41) is 0. The van der Waals surface area contributed by atoms with Gasteiger partial charge in [-0.25, -0.2) is 0 Å². The van der Waals surface area contributed by atoms with Crippen molar-refractivity contribution in [1.29, 1.82) is 0 Å². The van der Waals surface area contributed by atoms with Gasteiger partial charge < -0.3 is 9.64 Å². The van der Waals surface area contributed by atoms with Gasteiger partial charge in [0, 0.05) is 12.3 Å². The lowest BCUT2D eigenvalue weighted by atomic mass is 10.0. The quantitative estimate of drug-likeness (QED) is 0.794. The molecule has 0 amide bonds. The van der Waals surface area contributed by atoms with E-state index in [9.17, 15) is 0 Å². The molecular formula is C19H32NO+. The molecule has 0 radical (unpaired) electrons. The van der Waals surface area contributed by atoms with Crippen molar-refractivity contribution in [3.05, 3.63) is 29.3 Å². The molecule has 2 heteroatoms. The van der Waals surface area contributed by atoms with Gasteiger partial charge in [0.1, 0.15) is 5.75 Å². The van der Waals surface area contributed by atoms with Crippen LogP contribution in [0.1, 0.15) is 57.1 Å². The number of hydrogen-bond donors (Lipinski definition) is 1. The van der Waals surface area contributed by atoms with Crippen molar-refractivity contribution in [1.82, 2.24) is 0 Å². The van der Waals surface area contributed by atoms with Crippen molar-refractivity contribution >= 4 is 0 Å². The fourth-order valence-electron chi connectivity index (χ4n) is 3.37. The van der Waals surface area contributed by atoms with Gasteiger partial charge in [0.15, 0.2) is 0 Å². The van der Waals surface area contributed by atoms with Crippen molar-refractivity contribution in [3.63, 3.8) is 0 Å². The van der Waals surface area contributed by atoms with Gasteiger partial charge in [0.25, 0.3) is 0 Å². The van der Waals surface area contributed by atoms with Gasteiger partial charge >= 0.3 is 0 Å².